The summed E-state index contributed by atoms with van der Waals surface area (Å²) in [6, 6.07) is 33.7. The number of nitrogens with zero attached hydrogens (tertiary/aromatic N) is 2. The SMILES string of the molecule is NC(=NC(=O)OCc1ccccc1)[N+]1(CCc2ccccc2)Cc2ccccc2SC(N)(CC(=O)OC(=O)c2ccccc2)C1=O. The molecule has 5 rings (SSSR count). The molecule has 0 aliphatic carbocycles. The van der Waals surface area contributed by atoms with Gasteiger partial charge in [-0.25, -0.2) is 14.4 Å². The number of rotatable bonds is 8. The maximum absolute atomic E-state index is 14.8. The van der Waals surface area contributed by atoms with Crippen molar-refractivity contribution >= 4 is 41.7 Å². The Hall–Kier alpha value is -5.10. The van der Waals surface area contributed by atoms with Crippen molar-refractivity contribution in [3.63, 3.8) is 0 Å². The Morgan fingerprint density at radius 2 is 1.41 bits per heavy atom. The van der Waals surface area contributed by atoms with Gasteiger partial charge < -0.3 is 20.9 Å². The zero-order valence-electron chi connectivity index (χ0n) is 24.9. The first-order chi connectivity index (χ1) is 22.2. The number of carbonyl (C=O) groups excluding carboxylic acids is 4. The van der Waals surface area contributed by atoms with E-state index in [1.54, 1.807) is 42.5 Å². The average Bonchev–Trinajstić information content (AvgIpc) is 3.16. The van der Waals surface area contributed by atoms with Crippen LogP contribution in [0.25, 0.3) is 0 Å². The van der Waals surface area contributed by atoms with Crippen LogP contribution in [0.3, 0.4) is 0 Å². The fourth-order valence-electron chi connectivity index (χ4n) is 5.18. The topological polar surface area (TPSA) is 151 Å². The Labute approximate surface area is 270 Å². The Bertz CT molecular complexity index is 1750. The average molecular weight is 638 g/mol. The standard InChI is InChI=1S/C35H32N4O6S/c36-33(38-34(43)44-24-26-14-6-2-7-15-26)39(21-20-25-12-4-1-5-13-25)23-28-18-10-11-19-29(28)46-35(37,32(39)42)22-30(40)45-31(41)27-16-8-3-9-17-27/h1-19H,20-24,37H2,(H-,36,38,43)/p+1. The summed E-state index contributed by atoms with van der Waals surface area (Å²) in [5.41, 5.74) is 16.0. The number of ether oxygens (including phenoxy) is 2. The van der Waals surface area contributed by atoms with Gasteiger partial charge in [-0.2, -0.15) is 4.48 Å². The summed E-state index contributed by atoms with van der Waals surface area (Å²) in [4.78, 5) is 56.3. The Balaban J connectivity index is 1.51. The molecule has 46 heavy (non-hydrogen) atoms. The van der Waals surface area contributed by atoms with Gasteiger partial charge in [0.2, 0.25) is 0 Å². The first-order valence-electron chi connectivity index (χ1n) is 14.6. The highest BCUT2D eigenvalue weighted by atomic mass is 32.2. The van der Waals surface area contributed by atoms with Crippen molar-refractivity contribution in [3.05, 3.63) is 138 Å². The fourth-order valence-corrected chi connectivity index (χ4v) is 6.44. The van der Waals surface area contributed by atoms with Gasteiger partial charge in [0.1, 0.15) is 13.2 Å². The van der Waals surface area contributed by atoms with Gasteiger partial charge in [0.15, 0.2) is 4.87 Å². The van der Waals surface area contributed by atoms with Crippen LogP contribution in [0.1, 0.15) is 33.5 Å². The molecule has 1 heterocycles. The molecule has 10 nitrogen and oxygen atoms in total. The minimum Gasteiger partial charge on any atom is -0.443 e. The molecule has 0 aromatic heterocycles. The number of thioether (sulfide) groups is 1. The van der Waals surface area contributed by atoms with Crippen LogP contribution in [0.5, 0.6) is 0 Å². The predicted octanol–water partition coefficient (Wildman–Crippen LogP) is 4.96. The predicted molar refractivity (Wildman–Crippen MR) is 173 cm³/mol. The van der Waals surface area contributed by atoms with Crippen molar-refractivity contribution in [1.82, 2.24) is 0 Å². The highest BCUT2D eigenvalue weighted by Gasteiger charge is 2.56. The second-order valence-corrected chi connectivity index (χ2v) is 12.2. The van der Waals surface area contributed by atoms with Crippen molar-refractivity contribution in [2.75, 3.05) is 6.54 Å². The lowest BCUT2D eigenvalue weighted by atomic mass is 10.1. The molecule has 234 valence electrons. The fraction of sp³-hybridized carbons (Fsp3) is 0.171. The lowest BCUT2D eigenvalue weighted by Gasteiger charge is -2.37. The molecule has 2 unspecified atom stereocenters. The van der Waals surface area contributed by atoms with Crippen molar-refractivity contribution < 1.29 is 33.1 Å². The molecular formula is C35H33N4O6S+. The van der Waals surface area contributed by atoms with Crippen molar-refractivity contribution in [2.45, 2.75) is 35.8 Å². The summed E-state index contributed by atoms with van der Waals surface area (Å²) < 4.78 is 9.80. The highest BCUT2D eigenvalue weighted by Crippen LogP contribution is 2.42. The van der Waals surface area contributed by atoms with Crippen molar-refractivity contribution in [2.24, 2.45) is 16.5 Å². The molecule has 0 radical (unpaired) electrons. The molecule has 1 aliphatic heterocycles. The van der Waals surface area contributed by atoms with E-state index in [2.05, 4.69) is 4.99 Å². The minimum absolute atomic E-state index is 0.00703. The summed E-state index contributed by atoms with van der Waals surface area (Å²) in [5, 5.41) is 0. The summed E-state index contributed by atoms with van der Waals surface area (Å²) in [6.45, 7) is 0.0261. The molecule has 0 spiro atoms. The van der Waals surface area contributed by atoms with E-state index in [1.165, 1.54) is 12.1 Å². The summed E-state index contributed by atoms with van der Waals surface area (Å²) >= 11 is 0.981. The molecule has 1 aliphatic rings. The largest absolute Gasteiger partial charge is 0.443 e. The Morgan fingerprint density at radius 3 is 2.09 bits per heavy atom. The van der Waals surface area contributed by atoms with E-state index in [0.29, 0.717) is 16.9 Å². The number of esters is 2. The summed E-state index contributed by atoms with van der Waals surface area (Å²) in [7, 11) is 0. The quantitative estimate of drug-likeness (QED) is 0.0898. The zero-order chi connectivity index (χ0) is 32.6. The Morgan fingerprint density at radius 1 is 0.826 bits per heavy atom. The number of hydrogen-bond acceptors (Lipinski definition) is 8. The van der Waals surface area contributed by atoms with Crippen LogP contribution in [0.4, 0.5) is 4.79 Å². The van der Waals surface area contributed by atoms with Crippen LogP contribution in [0.15, 0.2) is 125 Å². The lowest BCUT2D eigenvalue weighted by molar-refractivity contribution is -0.780. The molecule has 0 fully saturated rings. The molecule has 0 saturated heterocycles. The van der Waals surface area contributed by atoms with Gasteiger partial charge >= 0.3 is 29.9 Å². The molecule has 2 amide bonds. The van der Waals surface area contributed by atoms with E-state index in [1.807, 2.05) is 60.7 Å². The number of nitrogens with two attached hydrogens (primary N) is 2. The van der Waals surface area contributed by atoms with E-state index in [9.17, 15) is 19.2 Å². The van der Waals surface area contributed by atoms with E-state index in [4.69, 9.17) is 20.9 Å². The van der Waals surface area contributed by atoms with Gasteiger partial charge in [-0.1, -0.05) is 109 Å². The number of aliphatic imine (C=N–C) groups is 1. The van der Waals surface area contributed by atoms with Gasteiger partial charge in [-0.05, 0) is 29.3 Å². The number of carbonyl (C=O) groups is 4. The molecule has 0 bridgehead atoms. The highest BCUT2D eigenvalue weighted by molar-refractivity contribution is 8.01. The van der Waals surface area contributed by atoms with Crippen molar-refractivity contribution in [1.29, 1.82) is 0 Å². The number of guanidine groups is 1. The van der Waals surface area contributed by atoms with Crippen LogP contribution < -0.4 is 11.5 Å². The molecular weight excluding hydrogens is 604 g/mol. The van der Waals surface area contributed by atoms with Gasteiger partial charge in [0, 0.05) is 16.9 Å². The second-order valence-electron chi connectivity index (χ2n) is 10.8. The maximum atomic E-state index is 14.8. The van der Waals surface area contributed by atoms with Gasteiger partial charge in [0.05, 0.1) is 18.5 Å². The molecule has 4 N–H and O–H groups in total. The monoisotopic (exact) mass is 637 g/mol. The smallest absolute Gasteiger partial charge is 0.440 e. The first kappa shape index (κ1) is 32.3. The third-order valence-electron chi connectivity index (χ3n) is 7.55. The summed E-state index contributed by atoms with van der Waals surface area (Å²) in [5.74, 6) is -2.87. The van der Waals surface area contributed by atoms with Crippen LogP contribution >= 0.6 is 11.8 Å². The van der Waals surface area contributed by atoms with Gasteiger partial charge in [-0.15, -0.1) is 4.99 Å². The first-order valence-corrected chi connectivity index (χ1v) is 15.4. The van der Waals surface area contributed by atoms with Crippen molar-refractivity contribution in [3.8, 4) is 0 Å². The number of hydrogen-bond donors (Lipinski definition) is 2. The molecule has 11 heteroatoms. The number of amides is 2. The van der Waals surface area contributed by atoms with E-state index in [0.717, 1.165) is 22.9 Å². The van der Waals surface area contributed by atoms with E-state index in [-0.39, 0.29) is 31.2 Å². The van der Waals surface area contributed by atoms with Crippen LogP contribution in [0.2, 0.25) is 0 Å². The third kappa shape index (κ3) is 7.57. The normalized spacial score (nSPS) is 19.4. The summed E-state index contributed by atoms with van der Waals surface area (Å²) in [6.07, 6.45) is -1.27. The minimum atomic E-state index is -1.95. The van der Waals surface area contributed by atoms with Crippen LogP contribution in [-0.2, 0) is 38.6 Å². The second kappa shape index (κ2) is 14.3. The number of benzene rings is 4. The maximum Gasteiger partial charge on any atom is 0.440 e. The molecule has 4 aromatic carbocycles. The van der Waals surface area contributed by atoms with E-state index < -0.39 is 39.7 Å². The zero-order valence-corrected chi connectivity index (χ0v) is 25.7. The third-order valence-corrected chi connectivity index (χ3v) is 8.85. The number of quaternary nitrogens is 1. The van der Waals surface area contributed by atoms with E-state index >= 15 is 0 Å². The van der Waals surface area contributed by atoms with Gasteiger partial charge in [-0.3, -0.25) is 4.79 Å². The molecule has 4 aromatic rings. The lowest BCUT2D eigenvalue weighted by Crippen LogP contribution is -2.68. The Kier molecular flexibility index (Phi) is 10.1. The van der Waals surface area contributed by atoms with Crippen LogP contribution in [0, 0.1) is 0 Å². The van der Waals surface area contributed by atoms with Crippen LogP contribution in [-0.4, -0.2) is 45.8 Å². The molecule has 2 atom stereocenters. The number of fused-ring (bicyclic) bond motifs is 1. The van der Waals surface area contributed by atoms with Gasteiger partial charge in [0.25, 0.3) is 0 Å². The molecule has 0 saturated carbocycles.